The first-order valence-electron chi connectivity index (χ1n) is 7.99. The van der Waals surface area contributed by atoms with Crippen LogP contribution in [-0.2, 0) is 6.42 Å². The topological polar surface area (TPSA) is 68.9 Å². The van der Waals surface area contributed by atoms with Crippen LogP contribution in [0.5, 0.6) is 11.5 Å². The number of ether oxygens (including phenoxy) is 2. The van der Waals surface area contributed by atoms with Gasteiger partial charge >= 0.3 is 0 Å². The molecule has 0 radical (unpaired) electrons. The normalized spacial score (nSPS) is 18.7. The fraction of sp³-hybridized carbons (Fsp3) is 0.211. The fourth-order valence-corrected chi connectivity index (χ4v) is 2.92. The molecule has 0 saturated heterocycles. The van der Waals surface area contributed by atoms with Gasteiger partial charge in [0.1, 0.15) is 0 Å². The highest BCUT2D eigenvalue weighted by Gasteiger charge is 2.22. The maximum atomic E-state index is 5.73. The van der Waals surface area contributed by atoms with Crippen LogP contribution < -0.4 is 20.6 Å². The minimum atomic E-state index is 0.256. The van der Waals surface area contributed by atoms with Crippen LogP contribution in [0.15, 0.2) is 47.6 Å². The molecule has 2 aliphatic rings. The molecule has 5 nitrogen and oxygen atoms in total. The van der Waals surface area contributed by atoms with Gasteiger partial charge < -0.3 is 20.6 Å². The first kappa shape index (κ1) is 14.6. The van der Waals surface area contributed by atoms with Gasteiger partial charge in [-0.25, -0.2) is 0 Å². The van der Waals surface area contributed by atoms with Crippen molar-refractivity contribution in [3.05, 3.63) is 59.2 Å². The molecule has 2 heterocycles. The highest BCUT2D eigenvalue weighted by Crippen LogP contribution is 2.36. The number of hydrogen-bond donors (Lipinski definition) is 2. The number of nitrogens with two attached hydrogens (primary N) is 1. The average Bonchev–Trinajstić information content (AvgIpc) is 2.97. The maximum absolute atomic E-state index is 5.73. The van der Waals surface area contributed by atoms with E-state index in [0.717, 1.165) is 40.4 Å². The largest absolute Gasteiger partial charge is 0.454 e. The van der Waals surface area contributed by atoms with E-state index in [1.165, 1.54) is 5.56 Å². The standard InChI is InChI=1S/C19H19N3O2/c1-12-8-14-9-18-19(24-11-23-18)10-16(14)17(22-21-12)7-4-13-2-5-15(20)6-3-13/h2-7,9-10,12,21H,8,11,20H2,1H3/b7-4+. The Kier molecular flexibility index (Phi) is 3.61. The molecule has 1 atom stereocenters. The van der Waals surface area contributed by atoms with E-state index in [1.54, 1.807) is 0 Å². The number of fused-ring (bicyclic) bond motifs is 2. The van der Waals surface area contributed by atoms with Crippen molar-refractivity contribution in [1.82, 2.24) is 5.43 Å². The summed E-state index contributed by atoms with van der Waals surface area (Å²) in [6, 6.07) is 12.1. The number of anilines is 1. The quantitative estimate of drug-likeness (QED) is 0.835. The lowest BCUT2D eigenvalue weighted by Crippen LogP contribution is -2.21. The summed E-state index contributed by atoms with van der Waals surface area (Å²) >= 11 is 0. The molecular weight excluding hydrogens is 302 g/mol. The van der Waals surface area contributed by atoms with E-state index in [9.17, 15) is 0 Å². The van der Waals surface area contributed by atoms with Gasteiger partial charge in [0.2, 0.25) is 6.79 Å². The number of rotatable bonds is 2. The summed E-state index contributed by atoms with van der Waals surface area (Å²) in [7, 11) is 0. The Morgan fingerprint density at radius 1 is 1.12 bits per heavy atom. The molecule has 0 fully saturated rings. The zero-order valence-corrected chi connectivity index (χ0v) is 13.5. The monoisotopic (exact) mass is 321 g/mol. The highest BCUT2D eigenvalue weighted by molar-refractivity contribution is 6.12. The molecular formula is C19H19N3O2. The van der Waals surface area contributed by atoms with E-state index in [-0.39, 0.29) is 12.8 Å². The van der Waals surface area contributed by atoms with Crippen molar-refractivity contribution in [2.75, 3.05) is 12.5 Å². The number of nitrogens with one attached hydrogen (secondary N) is 1. The average molecular weight is 321 g/mol. The van der Waals surface area contributed by atoms with E-state index in [4.69, 9.17) is 15.2 Å². The minimum absolute atomic E-state index is 0.256. The maximum Gasteiger partial charge on any atom is 0.231 e. The van der Waals surface area contributed by atoms with Crippen LogP contribution in [0.25, 0.3) is 6.08 Å². The molecule has 0 amide bonds. The van der Waals surface area contributed by atoms with Gasteiger partial charge in [-0.15, -0.1) is 0 Å². The predicted molar refractivity (Wildman–Crippen MR) is 95.3 cm³/mol. The van der Waals surface area contributed by atoms with Crippen LogP contribution >= 0.6 is 0 Å². The molecule has 122 valence electrons. The number of hydrazone groups is 1. The number of nitrogens with zero attached hydrogens (tertiary/aromatic N) is 1. The summed E-state index contributed by atoms with van der Waals surface area (Å²) in [6.07, 6.45) is 4.93. The van der Waals surface area contributed by atoms with Crippen molar-refractivity contribution in [3.8, 4) is 11.5 Å². The number of allylic oxidation sites excluding steroid dienone is 1. The summed E-state index contributed by atoms with van der Waals surface area (Å²) < 4.78 is 11.0. The third-order valence-corrected chi connectivity index (χ3v) is 4.18. The molecule has 2 aliphatic heterocycles. The molecule has 0 aliphatic carbocycles. The molecule has 2 aromatic rings. The van der Waals surface area contributed by atoms with Crippen molar-refractivity contribution in [1.29, 1.82) is 0 Å². The number of hydrogen-bond acceptors (Lipinski definition) is 5. The smallest absolute Gasteiger partial charge is 0.231 e. The minimum Gasteiger partial charge on any atom is -0.454 e. The number of nitrogen functional groups attached to an aromatic ring is 1. The molecule has 0 spiro atoms. The molecule has 24 heavy (non-hydrogen) atoms. The zero-order chi connectivity index (χ0) is 16.5. The van der Waals surface area contributed by atoms with Crippen molar-refractivity contribution in [2.24, 2.45) is 5.10 Å². The summed E-state index contributed by atoms with van der Waals surface area (Å²) in [5, 5.41) is 4.56. The second kappa shape index (κ2) is 5.92. The van der Waals surface area contributed by atoms with Gasteiger partial charge in [0.25, 0.3) is 0 Å². The van der Waals surface area contributed by atoms with Crippen LogP contribution in [0.2, 0.25) is 0 Å². The Bertz CT molecular complexity index is 825. The van der Waals surface area contributed by atoms with Crippen molar-refractivity contribution in [3.63, 3.8) is 0 Å². The summed E-state index contributed by atoms with van der Waals surface area (Å²) in [4.78, 5) is 0. The van der Waals surface area contributed by atoms with Gasteiger partial charge in [0.05, 0.1) is 5.71 Å². The van der Waals surface area contributed by atoms with Crippen LogP contribution in [0.3, 0.4) is 0 Å². The van der Waals surface area contributed by atoms with Crippen LogP contribution in [-0.4, -0.2) is 18.5 Å². The summed E-state index contributed by atoms with van der Waals surface area (Å²) in [5.74, 6) is 1.58. The van der Waals surface area contributed by atoms with Crippen molar-refractivity contribution < 1.29 is 9.47 Å². The Hall–Kier alpha value is -2.95. The Morgan fingerprint density at radius 3 is 2.67 bits per heavy atom. The third kappa shape index (κ3) is 2.80. The van der Waals surface area contributed by atoms with Gasteiger partial charge in [0.15, 0.2) is 11.5 Å². The van der Waals surface area contributed by atoms with E-state index < -0.39 is 0 Å². The van der Waals surface area contributed by atoms with E-state index in [0.29, 0.717) is 0 Å². The predicted octanol–water partition coefficient (Wildman–Crippen LogP) is 2.95. The molecule has 5 heteroatoms. The first-order chi connectivity index (χ1) is 11.7. The summed E-state index contributed by atoms with van der Waals surface area (Å²) in [6.45, 7) is 2.39. The molecule has 0 saturated carbocycles. The SMILES string of the molecule is CC1Cc2cc3c(cc2C(/C=C/c2ccc(N)cc2)=NN1)OCO3. The lowest BCUT2D eigenvalue weighted by atomic mass is 9.97. The lowest BCUT2D eigenvalue weighted by Gasteiger charge is -2.10. The molecule has 0 aromatic heterocycles. The Balaban J connectivity index is 1.71. The third-order valence-electron chi connectivity index (χ3n) is 4.18. The van der Waals surface area contributed by atoms with Crippen molar-refractivity contribution in [2.45, 2.75) is 19.4 Å². The second-order valence-electron chi connectivity index (χ2n) is 6.09. The molecule has 3 N–H and O–H groups in total. The van der Waals surface area contributed by atoms with E-state index >= 15 is 0 Å². The second-order valence-corrected chi connectivity index (χ2v) is 6.09. The van der Waals surface area contributed by atoms with Gasteiger partial charge in [-0.05, 0) is 54.8 Å². The summed E-state index contributed by atoms with van der Waals surface area (Å²) in [5.41, 5.74) is 13.9. The van der Waals surface area contributed by atoms with Gasteiger partial charge in [-0.1, -0.05) is 18.2 Å². The molecule has 1 unspecified atom stereocenters. The fourth-order valence-electron chi connectivity index (χ4n) is 2.92. The number of benzene rings is 2. The highest BCUT2D eigenvalue weighted by atomic mass is 16.7. The molecule has 4 rings (SSSR count). The zero-order valence-electron chi connectivity index (χ0n) is 13.5. The van der Waals surface area contributed by atoms with Crippen molar-refractivity contribution >= 4 is 17.5 Å². The van der Waals surface area contributed by atoms with Gasteiger partial charge in [-0.2, -0.15) is 5.10 Å². The van der Waals surface area contributed by atoms with Crippen LogP contribution in [0, 0.1) is 0 Å². The lowest BCUT2D eigenvalue weighted by molar-refractivity contribution is 0.174. The van der Waals surface area contributed by atoms with Gasteiger partial charge in [-0.3, -0.25) is 0 Å². The Labute approximate surface area is 140 Å². The van der Waals surface area contributed by atoms with Gasteiger partial charge in [0, 0.05) is 17.3 Å². The first-order valence-corrected chi connectivity index (χ1v) is 7.99. The Morgan fingerprint density at radius 2 is 1.88 bits per heavy atom. The molecule has 2 aromatic carbocycles. The van der Waals surface area contributed by atoms with Crippen LogP contribution in [0.1, 0.15) is 23.6 Å². The molecule has 0 bridgehead atoms. The van der Waals surface area contributed by atoms with Crippen LogP contribution in [0.4, 0.5) is 5.69 Å². The van der Waals surface area contributed by atoms with E-state index in [1.807, 2.05) is 42.5 Å². The van der Waals surface area contributed by atoms with E-state index in [2.05, 4.69) is 23.5 Å².